The van der Waals surface area contributed by atoms with E-state index in [9.17, 15) is 8.42 Å². The summed E-state index contributed by atoms with van der Waals surface area (Å²) in [4.78, 5) is 3.95. The first-order chi connectivity index (χ1) is 8.18. The van der Waals surface area contributed by atoms with Gasteiger partial charge in [-0.05, 0) is 12.1 Å². The van der Waals surface area contributed by atoms with Crippen molar-refractivity contribution >= 4 is 26.7 Å². The Bertz CT molecular complexity index is 524. The maximum Gasteiger partial charge on any atom is 0.263 e. The van der Waals surface area contributed by atoms with Crippen molar-refractivity contribution in [2.75, 3.05) is 4.72 Å². The average Bonchev–Trinajstić information content (AvgIpc) is 2.85. The number of nitrogens with one attached hydrogen (secondary N) is 1. The minimum Gasteiger partial charge on any atom is -0.253 e. The first-order valence-corrected chi connectivity index (χ1v) is 7.29. The van der Waals surface area contributed by atoms with Gasteiger partial charge in [0, 0.05) is 11.5 Å². The molecule has 2 rings (SSSR count). The van der Waals surface area contributed by atoms with Crippen LogP contribution in [-0.2, 0) is 10.0 Å². The first-order valence-electron chi connectivity index (χ1n) is 5.03. The Kier molecular flexibility index (Phi) is 5.05. The molecule has 92 valence electrons. The molecule has 2 aromatic rings. The first kappa shape index (κ1) is 13.6. The number of benzene rings is 1. The van der Waals surface area contributed by atoms with Crippen LogP contribution in [-0.4, -0.2) is 17.8 Å². The van der Waals surface area contributed by atoms with Gasteiger partial charge in [-0.2, -0.15) is 4.37 Å². The Morgan fingerprint density at radius 2 is 1.82 bits per heavy atom. The Morgan fingerprint density at radius 1 is 1.18 bits per heavy atom. The van der Waals surface area contributed by atoms with Crippen molar-refractivity contribution in [2.45, 2.75) is 18.7 Å². The molecule has 0 spiro atoms. The van der Waals surface area contributed by atoms with Gasteiger partial charge in [0.1, 0.15) is 6.33 Å². The standard InChI is InChI=1S/C8H7N3O2S2.C2H6/c12-15(13,7-4-2-1-3-5-7)11-8-9-6-10-14-8;1-2/h1-6H,(H,9,10,11);1-2H3. The van der Waals surface area contributed by atoms with Crippen LogP contribution in [0.2, 0.25) is 0 Å². The molecular formula is C10H13N3O2S2. The molecule has 1 N–H and O–H groups in total. The highest BCUT2D eigenvalue weighted by atomic mass is 32.2. The van der Waals surface area contributed by atoms with E-state index in [1.165, 1.54) is 18.5 Å². The third-order valence-corrected chi connectivity index (χ3v) is 3.70. The summed E-state index contributed by atoms with van der Waals surface area (Å²) in [5, 5.41) is 0.263. The van der Waals surface area contributed by atoms with Gasteiger partial charge in [-0.1, -0.05) is 32.0 Å². The second kappa shape index (κ2) is 6.31. The van der Waals surface area contributed by atoms with Gasteiger partial charge < -0.3 is 0 Å². The number of sulfonamides is 1. The number of hydrogen-bond acceptors (Lipinski definition) is 5. The van der Waals surface area contributed by atoms with Crippen LogP contribution in [0.15, 0.2) is 41.6 Å². The highest BCUT2D eigenvalue weighted by Crippen LogP contribution is 2.15. The van der Waals surface area contributed by atoms with Gasteiger partial charge in [-0.15, -0.1) is 0 Å². The molecule has 0 aliphatic carbocycles. The summed E-state index contributed by atoms with van der Waals surface area (Å²) < 4.78 is 29.5. The summed E-state index contributed by atoms with van der Waals surface area (Å²) in [6.45, 7) is 4.00. The summed E-state index contributed by atoms with van der Waals surface area (Å²) in [5.41, 5.74) is 0. The van der Waals surface area contributed by atoms with Crippen LogP contribution in [0.1, 0.15) is 13.8 Å². The maximum atomic E-state index is 11.7. The van der Waals surface area contributed by atoms with E-state index < -0.39 is 10.0 Å². The van der Waals surface area contributed by atoms with Crippen LogP contribution in [0, 0.1) is 0 Å². The quantitative estimate of drug-likeness (QED) is 0.930. The third kappa shape index (κ3) is 3.79. The van der Waals surface area contributed by atoms with Crippen LogP contribution in [0.5, 0.6) is 0 Å². The molecule has 1 aromatic carbocycles. The zero-order valence-corrected chi connectivity index (χ0v) is 11.1. The minimum absolute atomic E-state index is 0.209. The van der Waals surface area contributed by atoms with Crippen molar-refractivity contribution in [1.82, 2.24) is 9.36 Å². The maximum absolute atomic E-state index is 11.7. The van der Waals surface area contributed by atoms with Gasteiger partial charge >= 0.3 is 0 Å². The second-order valence-electron chi connectivity index (χ2n) is 2.66. The van der Waals surface area contributed by atoms with Crippen LogP contribution in [0.3, 0.4) is 0 Å². The molecule has 0 aliphatic rings. The van der Waals surface area contributed by atoms with Crippen LogP contribution in [0.25, 0.3) is 0 Å². The van der Waals surface area contributed by atoms with Gasteiger partial charge in [-0.3, -0.25) is 4.72 Å². The lowest BCUT2D eigenvalue weighted by atomic mass is 10.4. The predicted octanol–water partition coefficient (Wildman–Crippen LogP) is 2.37. The average molecular weight is 271 g/mol. The lowest BCUT2D eigenvalue weighted by Crippen LogP contribution is -2.12. The van der Waals surface area contributed by atoms with Crippen molar-refractivity contribution in [3.8, 4) is 0 Å². The lowest BCUT2D eigenvalue weighted by Gasteiger charge is -2.03. The molecule has 0 saturated carbocycles. The fourth-order valence-corrected chi connectivity index (χ4v) is 2.67. The zero-order chi connectivity index (χ0) is 12.7. The number of hydrogen-bond donors (Lipinski definition) is 1. The summed E-state index contributed by atoms with van der Waals surface area (Å²) in [6.07, 6.45) is 1.30. The summed E-state index contributed by atoms with van der Waals surface area (Å²) in [5.74, 6) is 0. The molecule has 5 nitrogen and oxygen atoms in total. The van der Waals surface area contributed by atoms with Crippen molar-refractivity contribution in [3.05, 3.63) is 36.7 Å². The van der Waals surface area contributed by atoms with Gasteiger partial charge in [-0.25, -0.2) is 13.4 Å². The fraction of sp³-hybridized carbons (Fsp3) is 0.200. The number of aromatic nitrogens is 2. The van der Waals surface area contributed by atoms with Gasteiger partial charge in [0.05, 0.1) is 4.90 Å². The molecule has 7 heteroatoms. The molecule has 17 heavy (non-hydrogen) atoms. The molecule has 0 aliphatic heterocycles. The Hall–Kier alpha value is -1.47. The molecule has 0 bridgehead atoms. The molecular weight excluding hydrogens is 258 g/mol. The SMILES string of the molecule is CC.O=S(=O)(Nc1ncns1)c1ccccc1. The third-order valence-electron chi connectivity index (χ3n) is 1.64. The zero-order valence-electron chi connectivity index (χ0n) is 9.49. The summed E-state index contributed by atoms with van der Waals surface area (Å²) >= 11 is 0.993. The van der Waals surface area contributed by atoms with E-state index in [0.29, 0.717) is 0 Å². The molecule has 0 saturated heterocycles. The van der Waals surface area contributed by atoms with Crippen molar-refractivity contribution < 1.29 is 8.42 Å². The molecule has 0 radical (unpaired) electrons. The Balaban J connectivity index is 0.000000686. The monoisotopic (exact) mass is 271 g/mol. The largest absolute Gasteiger partial charge is 0.263 e. The van der Waals surface area contributed by atoms with E-state index in [1.807, 2.05) is 13.8 Å². The summed E-state index contributed by atoms with van der Waals surface area (Å²) in [6, 6.07) is 8.11. The topological polar surface area (TPSA) is 72.0 Å². The number of rotatable bonds is 3. The molecule has 0 atom stereocenters. The number of nitrogens with zero attached hydrogens (tertiary/aromatic N) is 2. The van der Waals surface area contributed by atoms with E-state index in [2.05, 4.69) is 14.1 Å². The van der Waals surface area contributed by atoms with Crippen LogP contribution in [0.4, 0.5) is 5.13 Å². The number of anilines is 1. The highest BCUT2D eigenvalue weighted by Gasteiger charge is 2.14. The normalized spacial score (nSPS) is 10.2. The minimum atomic E-state index is -3.53. The fourth-order valence-electron chi connectivity index (χ4n) is 0.992. The van der Waals surface area contributed by atoms with E-state index in [-0.39, 0.29) is 10.0 Å². The van der Waals surface area contributed by atoms with Crippen LogP contribution >= 0.6 is 11.5 Å². The van der Waals surface area contributed by atoms with Gasteiger partial charge in [0.2, 0.25) is 5.13 Å². The highest BCUT2D eigenvalue weighted by molar-refractivity contribution is 7.93. The molecule has 0 fully saturated rings. The summed E-state index contributed by atoms with van der Waals surface area (Å²) in [7, 11) is -3.53. The van der Waals surface area contributed by atoms with Crippen LogP contribution < -0.4 is 4.72 Å². The molecule has 1 aromatic heterocycles. The van der Waals surface area contributed by atoms with E-state index in [1.54, 1.807) is 18.2 Å². The van der Waals surface area contributed by atoms with Crippen molar-refractivity contribution in [1.29, 1.82) is 0 Å². The smallest absolute Gasteiger partial charge is 0.253 e. The molecule has 1 heterocycles. The Labute approximate surface area is 105 Å². The van der Waals surface area contributed by atoms with Gasteiger partial charge in [0.25, 0.3) is 10.0 Å². The van der Waals surface area contributed by atoms with Gasteiger partial charge in [0.15, 0.2) is 0 Å². The predicted molar refractivity (Wildman–Crippen MR) is 68.5 cm³/mol. The van der Waals surface area contributed by atoms with Crippen molar-refractivity contribution in [3.63, 3.8) is 0 Å². The van der Waals surface area contributed by atoms with E-state index in [4.69, 9.17) is 0 Å². The lowest BCUT2D eigenvalue weighted by molar-refractivity contribution is 0.601. The molecule has 0 amide bonds. The van der Waals surface area contributed by atoms with E-state index in [0.717, 1.165) is 11.5 Å². The van der Waals surface area contributed by atoms with E-state index >= 15 is 0 Å². The van der Waals surface area contributed by atoms with Crippen molar-refractivity contribution in [2.24, 2.45) is 0 Å². The Morgan fingerprint density at radius 3 is 2.35 bits per heavy atom. The molecule has 0 unspecified atom stereocenters. The second-order valence-corrected chi connectivity index (χ2v) is 5.13.